The zero-order valence-corrected chi connectivity index (χ0v) is 15.9. The lowest BCUT2D eigenvalue weighted by Gasteiger charge is -2.27. The molecular formula is C23H28N2O2. The van der Waals surface area contributed by atoms with Gasteiger partial charge in [-0.25, -0.2) is 0 Å². The fraction of sp³-hybridized carbons (Fsp3) is 0.348. The van der Waals surface area contributed by atoms with Crippen molar-refractivity contribution >= 4 is 12.1 Å². The first-order chi connectivity index (χ1) is 13.0. The minimum absolute atomic E-state index is 0.143. The first-order valence-corrected chi connectivity index (χ1v) is 9.54. The highest BCUT2D eigenvalue weighted by atomic mass is 16.3. The fourth-order valence-electron chi connectivity index (χ4n) is 3.63. The quantitative estimate of drug-likeness (QED) is 0.715. The molecule has 0 unspecified atom stereocenters. The Labute approximate surface area is 161 Å². The summed E-state index contributed by atoms with van der Waals surface area (Å²) in [6.45, 7) is 4.80. The van der Waals surface area contributed by atoms with Crippen molar-refractivity contribution in [2.24, 2.45) is 5.92 Å². The standard InChI is InChI=1S/C23H28N2O2/c1-17(19-8-12-23(27)13-9-19)24-22-10-6-20(7-11-22)21-5-3-4-18(14-21)15-25(2)16-26/h3-7,10-11,14,16,19,23-24,27H,1,8-9,12-13,15H2,2H3. The zero-order chi connectivity index (χ0) is 19.2. The van der Waals surface area contributed by atoms with Crippen molar-refractivity contribution in [1.82, 2.24) is 4.90 Å². The van der Waals surface area contributed by atoms with Gasteiger partial charge in [0.05, 0.1) is 6.10 Å². The van der Waals surface area contributed by atoms with E-state index in [4.69, 9.17) is 0 Å². The Morgan fingerprint density at radius 3 is 2.52 bits per heavy atom. The smallest absolute Gasteiger partial charge is 0.209 e. The van der Waals surface area contributed by atoms with Crippen molar-refractivity contribution in [2.45, 2.75) is 38.3 Å². The number of aliphatic hydroxyl groups is 1. The van der Waals surface area contributed by atoms with Crippen LogP contribution in [0, 0.1) is 5.92 Å². The number of carbonyl (C=O) groups excluding carboxylic acids is 1. The Morgan fingerprint density at radius 2 is 1.85 bits per heavy atom. The van der Waals surface area contributed by atoms with Crippen molar-refractivity contribution < 1.29 is 9.90 Å². The number of nitrogens with zero attached hydrogens (tertiary/aromatic N) is 1. The molecule has 0 heterocycles. The summed E-state index contributed by atoms with van der Waals surface area (Å²) in [4.78, 5) is 12.4. The van der Waals surface area contributed by atoms with Crippen LogP contribution >= 0.6 is 0 Å². The van der Waals surface area contributed by atoms with Gasteiger partial charge in [-0.3, -0.25) is 4.79 Å². The molecule has 1 amide bonds. The molecule has 0 aromatic heterocycles. The number of nitrogens with one attached hydrogen (secondary N) is 1. The summed E-state index contributed by atoms with van der Waals surface area (Å²) in [7, 11) is 1.78. The van der Waals surface area contributed by atoms with E-state index >= 15 is 0 Å². The Balaban J connectivity index is 1.64. The number of aliphatic hydroxyl groups excluding tert-OH is 1. The highest BCUT2D eigenvalue weighted by Gasteiger charge is 2.21. The highest BCUT2D eigenvalue weighted by molar-refractivity contribution is 5.67. The second-order valence-corrected chi connectivity index (χ2v) is 7.45. The first-order valence-electron chi connectivity index (χ1n) is 9.54. The molecule has 1 aliphatic rings. The molecule has 2 aromatic carbocycles. The van der Waals surface area contributed by atoms with Crippen molar-refractivity contribution in [3.05, 3.63) is 66.4 Å². The second kappa shape index (κ2) is 8.87. The summed E-state index contributed by atoms with van der Waals surface area (Å²) in [5, 5.41) is 13.1. The summed E-state index contributed by atoms with van der Waals surface area (Å²) in [5.41, 5.74) is 5.46. The van der Waals surface area contributed by atoms with Gasteiger partial charge >= 0.3 is 0 Å². The molecule has 0 radical (unpaired) electrons. The Kier molecular flexibility index (Phi) is 6.30. The molecule has 4 nitrogen and oxygen atoms in total. The van der Waals surface area contributed by atoms with Crippen molar-refractivity contribution in [1.29, 1.82) is 0 Å². The molecular weight excluding hydrogens is 336 g/mol. The molecule has 0 aliphatic heterocycles. The lowest BCUT2D eigenvalue weighted by molar-refractivity contribution is -0.117. The second-order valence-electron chi connectivity index (χ2n) is 7.45. The molecule has 27 heavy (non-hydrogen) atoms. The molecule has 1 fully saturated rings. The topological polar surface area (TPSA) is 52.6 Å². The van der Waals surface area contributed by atoms with E-state index in [1.807, 2.05) is 12.1 Å². The number of amides is 1. The van der Waals surface area contributed by atoms with Crippen LogP contribution in [0.25, 0.3) is 11.1 Å². The maximum atomic E-state index is 10.8. The van der Waals surface area contributed by atoms with Crippen LogP contribution in [-0.2, 0) is 11.3 Å². The third kappa shape index (κ3) is 5.20. The molecule has 1 saturated carbocycles. The van der Waals surface area contributed by atoms with Crippen LogP contribution in [-0.4, -0.2) is 29.6 Å². The number of hydrogen-bond donors (Lipinski definition) is 2. The summed E-state index contributed by atoms with van der Waals surface area (Å²) < 4.78 is 0. The molecule has 3 rings (SSSR count). The molecule has 1 aliphatic carbocycles. The molecule has 142 valence electrons. The monoisotopic (exact) mass is 364 g/mol. The third-order valence-corrected chi connectivity index (χ3v) is 5.25. The highest BCUT2D eigenvalue weighted by Crippen LogP contribution is 2.30. The van der Waals surface area contributed by atoms with Crippen LogP contribution in [0.15, 0.2) is 60.8 Å². The molecule has 4 heteroatoms. The first kappa shape index (κ1) is 19.2. The largest absolute Gasteiger partial charge is 0.393 e. The number of hydrogen-bond acceptors (Lipinski definition) is 3. The van der Waals surface area contributed by atoms with Crippen LogP contribution in [0.3, 0.4) is 0 Å². The van der Waals surface area contributed by atoms with Crippen LogP contribution in [0.1, 0.15) is 31.2 Å². The zero-order valence-electron chi connectivity index (χ0n) is 15.9. The third-order valence-electron chi connectivity index (χ3n) is 5.25. The number of allylic oxidation sites excluding steroid dienone is 1. The lowest BCUT2D eigenvalue weighted by Crippen LogP contribution is -2.21. The number of benzene rings is 2. The van der Waals surface area contributed by atoms with E-state index in [0.29, 0.717) is 12.5 Å². The Bertz CT molecular complexity index is 777. The molecule has 0 spiro atoms. The molecule has 0 saturated heterocycles. The van der Waals surface area contributed by atoms with Crippen molar-refractivity contribution in [3.8, 4) is 11.1 Å². The van der Waals surface area contributed by atoms with Gasteiger partial charge in [-0.2, -0.15) is 0 Å². The van der Waals surface area contributed by atoms with E-state index in [2.05, 4.69) is 48.3 Å². The van der Waals surface area contributed by atoms with Gasteiger partial charge in [0.1, 0.15) is 0 Å². The molecule has 2 N–H and O–H groups in total. The average Bonchev–Trinajstić information content (AvgIpc) is 2.69. The maximum Gasteiger partial charge on any atom is 0.209 e. The van der Waals surface area contributed by atoms with Crippen molar-refractivity contribution in [2.75, 3.05) is 12.4 Å². The summed E-state index contributed by atoms with van der Waals surface area (Å²) >= 11 is 0. The summed E-state index contributed by atoms with van der Waals surface area (Å²) in [6.07, 6.45) is 4.41. The predicted octanol–water partition coefficient (Wildman–Crippen LogP) is 4.42. The van der Waals surface area contributed by atoms with E-state index in [0.717, 1.165) is 60.2 Å². The minimum Gasteiger partial charge on any atom is -0.393 e. The van der Waals surface area contributed by atoms with Crippen LogP contribution < -0.4 is 5.32 Å². The number of anilines is 1. The van der Waals surface area contributed by atoms with Gasteiger partial charge in [0.15, 0.2) is 0 Å². The van der Waals surface area contributed by atoms with E-state index in [-0.39, 0.29) is 6.10 Å². The molecule has 0 atom stereocenters. The fourth-order valence-corrected chi connectivity index (χ4v) is 3.63. The van der Waals surface area contributed by atoms with Crippen LogP contribution in [0.2, 0.25) is 0 Å². The van der Waals surface area contributed by atoms with Gasteiger partial charge in [-0.15, -0.1) is 0 Å². The predicted molar refractivity (Wildman–Crippen MR) is 110 cm³/mol. The van der Waals surface area contributed by atoms with Gasteiger partial charge in [0.25, 0.3) is 0 Å². The number of carbonyl (C=O) groups is 1. The van der Waals surface area contributed by atoms with Gasteiger partial charge in [-0.05, 0) is 66.5 Å². The van der Waals surface area contributed by atoms with Crippen molar-refractivity contribution in [3.63, 3.8) is 0 Å². The number of rotatable bonds is 7. The van der Waals surface area contributed by atoms with Gasteiger partial charge in [0, 0.05) is 25.0 Å². The van der Waals surface area contributed by atoms with Crippen LogP contribution in [0.5, 0.6) is 0 Å². The van der Waals surface area contributed by atoms with E-state index in [1.54, 1.807) is 11.9 Å². The van der Waals surface area contributed by atoms with E-state index in [1.165, 1.54) is 0 Å². The van der Waals surface area contributed by atoms with E-state index in [9.17, 15) is 9.90 Å². The normalized spacial score (nSPS) is 19.3. The summed E-state index contributed by atoms with van der Waals surface area (Å²) in [5.74, 6) is 0.430. The lowest BCUT2D eigenvalue weighted by atomic mass is 9.85. The van der Waals surface area contributed by atoms with Gasteiger partial charge < -0.3 is 15.3 Å². The van der Waals surface area contributed by atoms with Gasteiger partial charge in [0.2, 0.25) is 6.41 Å². The Morgan fingerprint density at radius 1 is 1.15 bits per heavy atom. The summed E-state index contributed by atoms with van der Waals surface area (Å²) in [6, 6.07) is 16.6. The van der Waals surface area contributed by atoms with Crippen LogP contribution in [0.4, 0.5) is 5.69 Å². The average molecular weight is 364 g/mol. The van der Waals surface area contributed by atoms with E-state index < -0.39 is 0 Å². The SMILES string of the molecule is C=C(Nc1ccc(-c2cccc(CN(C)C=O)c2)cc1)C1CCC(O)CC1. The molecule has 0 bridgehead atoms. The minimum atomic E-state index is -0.143. The Hall–Kier alpha value is -2.59. The maximum absolute atomic E-state index is 10.8. The van der Waals surface area contributed by atoms with Gasteiger partial charge in [-0.1, -0.05) is 36.9 Å². The molecule has 2 aromatic rings.